The van der Waals surface area contributed by atoms with Crippen LogP contribution < -0.4 is 0 Å². The summed E-state index contributed by atoms with van der Waals surface area (Å²) in [5.41, 5.74) is -0.0421. The molecule has 0 aliphatic rings. The van der Waals surface area contributed by atoms with Gasteiger partial charge in [0.25, 0.3) is 0 Å². The summed E-state index contributed by atoms with van der Waals surface area (Å²) in [6, 6.07) is 0. The molecule has 0 aliphatic heterocycles. The predicted molar refractivity (Wildman–Crippen MR) is 172 cm³/mol. The molecule has 0 aromatic heterocycles. The Hall–Kier alpha value is -0.100. The molecule has 0 amide bonds. The van der Waals surface area contributed by atoms with E-state index in [0.29, 0.717) is 0 Å². The number of unbranched alkanes of at least 4 members (excludes halogenated alkanes) is 17. The van der Waals surface area contributed by atoms with E-state index in [2.05, 4.69) is 34.6 Å². The number of carbonyl (C=O) groups is 1. The first kappa shape index (κ1) is 36.9. The number of carboxylic acid groups (broad SMARTS) is 1. The Morgan fingerprint density at radius 3 is 1.00 bits per heavy atom. The maximum atomic E-state index is 13.0. The molecule has 0 saturated heterocycles. The van der Waals surface area contributed by atoms with Crippen molar-refractivity contribution in [2.24, 2.45) is 0 Å². The van der Waals surface area contributed by atoms with Crippen molar-refractivity contribution < 1.29 is 9.90 Å². The van der Waals surface area contributed by atoms with Gasteiger partial charge in [-0.15, -0.1) is 0 Å². The van der Waals surface area contributed by atoms with Crippen molar-refractivity contribution in [2.75, 3.05) is 24.6 Å². The van der Waals surface area contributed by atoms with E-state index in [-0.39, 0.29) is 5.66 Å². The molecule has 2 nitrogen and oxygen atoms in total. The first-order chi connectivity index (χ1) is 18.0. The fourth-order valence-electron chi connectivity index (χ4n) is 6.97. The van der Waals surface area contributed by atoms with Gasteiger partial charge in [-0.25, -0.2) is 0 Å². The Balaban J connectivity index is 4.89. The van der Waals surface area contributed by atoms with E-state index in [1.165, 1.54) is 159 Å². The van der Waals surface area contributed by atoms with Crippen LogP contribution in [0.3, 0.4) is 0 Å². The van der Waals surface area contributed by atoms with E-state index >= 15 is 0 Å². The molecule has 0 spiro atoms. The first-order valence-corrected chi connectivity index (χ1v) is 20.2. The summed E-state index contributed by atoms with van der Waals surface area (Å²) in [4.78, 5) is 13.0. The van der Waals surface area contributed by atoms with Crippen molar-refractivity contribution in [1.82, 2.24) is 0 Å². The number of aliphatic carboxylic acids is 1. The van der Waals surface area contributed by atoms with Crippen molar-refractivity contribution >= 4 is 12.6 Å². The molecule has 37 heavy (non-hydrogen) atoms. The summed E-state index contributed by atoms with van der Waals surface area (Å²) in [6.07, 6.45) is 34.8. The molecule has 224 valence electrons. The Kier molecular flexibility index (Phi) is 23.7. The second kappa shape index (κ2) is 23.8. The fourth-order valence-corrected chi connectivity index (χ4v) is 15.8. The average Bonchev–Trinajstić information content (AvgIpc) is 2.90. The third-order valence-corrected chi connectivity index (χ3v) is 17.8. The van der Waals surface area contributed by atoms with Crippen LogP contribution >= 0.6 is 6.60 Å². The normalized spacial score (nSPS) is 13.9. The van der Waals surface area contributed by atoms with Crippen LogP contribution in [0.5, 0.6) is 0 Å². The standard InChI is InChI=1S/C34H71O2P/c1-6-11-16-17-18-19-20-21-22-23-24-25-26-27-28-33(34(35)36)37(29-12-7-2,30-13-8-3,31-14-9-4)32-15-10-5/h33H,6-32H2,1-5H3,(H,35,36). The zero-order valence-electron chi connectivity index (χ0n) is 26.5. The Morgan fingerprint density at radius 2 is 0.730 bits per heavy atom. The van der Waals surface area contributed by atoms with Crippen LogP contribution in [0.1, 0.15) is 182 Å². The van der Waals surface area contributed by atoms with Gasteiger partial charge in [-0.2, -0.15) is 0 Å². The van der Waals surface area contributed by atoms with Crippen molar-refractivity contribution in [3.8, 4) is 0 Å². The first-order valence-electron chi connectivity index (χ1n) is 17.2. The molecule has 0 aromatic carbocycles. The monoisotopic (exact) mass is 543 g/mol. The second-order valence-electron chi connectivity index (χ2n) is 12.6. The van der Waals surface area contributed by atoms with Crippen molar-refractivity contribution in [1.29, 1.82) is 0 Å². The molecule has 0 rings (SSSR count). The minimum atomic E-state index is -2.33. The Morgan fingerprint density at radius 1 is 0.459 bits per heavy atom. The molecule has 1 atom stereocenters. The van der Waals surface area contributed by atoms with E-state index in [4.69, 9.17) is 0 Å². The van der Waals surface area contributed by atoms with Gasteiger partial charge in [-0.3, -0.25) is 0 Å². The van der Waals surface area contributed by atoms with Crippen molar-refractivity contribution in [3.63, 3.8) is 0 Å². The summed E-state index contributed by atoms with van der Waals surface area (Å²) < 4.78 is 0. The summed E-state index contributed by atoms with van der Waals surface area (Å²) >= 11 is 0. The molecule has 1 unspecified atom stereocenters. The molecule has 1 N–H and O–H groups in total. The van der Waals surface area contributed by atoms with Crippen LogP contribution in [0.25, 0.3) is 0 Å². The molecule has 3 heteroatoms. The molecular formula is C34H71O2P. The number of carboxylic acids is 1. The van der Waals surface area contributed by atoms with Gasteiger partial charge >= 0.3 is 202 Å². The Labute approximate surface area is 234 Å². The van der Waals surface area contributed by atoms with Gasteiger partial charge in [0, 0.05) is 0 Å². The van der Waals surface area contributed by atoms with Gasteiger partial charge in [0.15, 0.2) is 0 Å². The maximum absolute atomic E-state index is 13.0. The van der Waals surface area contributed by atoms with E-state index < -0.39 is 12.6 Å². The molecule has 0 radical (unpaired) electrons. The van der Waals surface area contributed by atoms with E-state index in [9.17, 15) is 9.90 Å². The van der Waals surface area contributed by atoms with Crippen LogP contribution in [0.15, 0.2) is 0 Å². The molecule has 0 bridgehead atoms. The van der Waals surface area contributed by atoms with Crippen LogP contribution in [0, 0.1) is 0 Å². The SMILES string of the molecule is CCCCCCCCCCCCCCCCC(C(=O)O)P(CCCC)(CCCC)(CCCC)CCCC. The quantitative estimate of drug-likeness (QED) is 0.0753. The second-order valence-corrected chi connectivity index (χ2v) is 19.2. The van der Waals surface area contributed by atoms with Gasteiger partial charge in [-0.05, 0) is 0 Å². The van der Waals surface area contributed by atoms with Crippen molar-refractivity contribution in [2.45, 2.75) is 188 Å². The summed E-state index contributed by atoms with van der Waals surface area (Å²) in [5, 5.41) is 10.7. The molecule has 0 aromatic rings. The van der Waals surface area contributed by atoms with Crippen LogP contribution in [-0.4, -0.2) is 41.4 Å². The topological polar surface area (TPSA) is 37.3 Å². The molecule has 0 fully saturated rings. The molecule has 0 heterocycles. The van der Waals surface area contributed by atoms with Crippen molar-refractivity contribution in [3.05, 3.63) is 0 Å². The van der Waals surface area contributed by atoms with Crippen LogP contribution in [0.4, 0.5) is 0 Å². The third kappa shape index (κ3) is 15.3. The summed E-state index contributed by atoms with van der Waals surface area (Å²) in [6.45, 7) is 9.16. The van der Waals surface area contributed by atoms with Gasteiger partial charge in [-0.1, -0.05) is 32.6 Å². The Bertz CT molecular complexity index is 474. The fraction of sp³-hybridized carbons (Fsp3) is 0.971. The number of hydrogen-bond donors (Lipinski definition) is 1. The van der Waals surface area contributed by atoms with Gasteiger partial charge < -0.3 is 0 Å². The molecular weight excluding hydrogens is 471 g/mol. The average molecular weight is 543 g/mol. The van der Waals surface area contributed by atoms with Gasteiger partial charge in [0.05, 0.1) is 0 Å². The number of rotatable bonds is 29. The minimum absolute atomic E-state index is 0.0421. The predicted octanol–water partition coefficient (Wildman–Crippen LogP) is 12.1. The van der Waals surface area contributed by atoms with Crippen LogP contribution in [-0.2, 0) is 4.79 Å². The van der Waals surface area contributed by atoms with E-state index in [1.807, 2.05) is 0 Å². The molecule has 0 saturated carbocycles. The summed E-state index contributed by atoms with van der Waals surface area (Å²) in [7, 11) is 0. The van der Waals surface area contributed by atoms with Gasteiger partial charge in [0.2, 0.25) is 0 Å². The third-order valence-electron chi connectivity index (χ3n) is 9.46. The van der Waals surface area contributed by atoms with E-state index in [0.717, 1.165) is 12.8 Å². The van der Waals surface area contributed by atoms with Gasteiger partial charge in [0.1, 0.15) is 0 Å². The van der Waals surface area contributed by atoms with E-state index in [1.54, 1.807) is 0 Å². The zero-order chi connectivity index (χ0) is 27.7. The zero-order valence-corrected chi connectivity index (χ0v) is 27.4. The molecule has 0 aliphatic carbocycles. The van der Waals surface area contributed by atoms with Crippen LogP contribution in [0.2, 0.25) is 0 Å². The summed E-state index contributed by atoms with van der Waals surface area (Å²) in [5.74, 6) is -0.438. The number of hydrogen-bond acceptors (Lipinski definition) is 1.